The van der Waals surface area contributed by atoms with Crippen LogP contribution in [0.3, 0.4) is 0 Å². The second-order valence-corrected chi connectivity index (χ2v) is 5.77. The van der Waals surface area contributed by atoms with Crippen molar-refractivity contribution < 1.29 is 9.53 Å². The predicted molar refractivity (Wildman–Crippen MR) is 74.7 cm³/mol. The third-order valence-electron chi connectivity index (χ3n) is 4.46. The van der Waals surface area contributed by atoms with Crippen molar-refractivity contribution in [2.45, 2.75) is 32.2 Å². The molecule has 5 heteroatoms. The molecule has 1 amide bonds. The number of nitrogens with two attached hydrogens (primary N) is 1. The number of carbonyl (C=O) groups excluding carboxylic acids is 1. The van der Waals surface area contributed by atoms with E-state index in [1.54, 1.807) is 0 Å². The topological polar surface area (TPSA) is 67.6 Å². The van der Waals surface area contributed by atoms with Crippen LogP contribution in [-0.4, -0.2) is 56.2 Å². The van der Waals surface area contributed by atoms with Gasteiger partial charge in [0.25, 0.3) is 0 Å². The quantitative estimate of drug-likeness (QED) is 0.748. The second-order valence-electron chi connectivity index (χ2n) is 5.77. The Morgan fingerprint density at radius 1 is 1.42 bits per heavy atom. The van der Waals surface area contributed by atoms with Crippen molar-refractivity contribution in [2.75, 3.05) is 39.4 Å². The number of hydrogen-bond donors (Lipinski definition) is 2. The van der Waals surface area contributed by atoms with Crippen LogP contribution < -0.4 is 11.1 Å². The SMILES string of the molecule is CCN1CCC(CNC(=O)C(N)C2CCOCC2)C1. The van der Waals surface area contributed by atoms with Gasteiger partial charge in [-0.2, -0.15) is 0 Å². The molecule has 2 aliphatic heterocycles. The fourth-order valence-corrected chi connectivity index (χ4v) is 3.02. The highest BCUT2D eigenvalue weighted by molar-refractivity contribution is 5.81. The fraction of sp³-hybridized carbons (Fsp3) is 0.929. The predicted octanol–water partition coefficient (Wildman–Crippen LogP) is 0.198. The van der Waals surface area contributed by atoms with E-state index in [2.05, 4.69) is 17.1 Å². The van der Waals surface area contributed by atoms with Gasteiger partial charge in [0.05, 0.1) is 6.04 Å². The van der Waals surface area contributed by atoms with Gasteiger partial charge in [0.1, 0.15) is 0 Å². The highest BCUT2D eigenvalue weighted by Crippen LogP contribution is 2.18. The number of nitrogens with one attached hydrogen (secondary N) is 1. The Balaban J connectivity index is 1.68. The lowest BCUT2D eigenvalue weighted by atomic mass is 9.92. The third-order valence-corrected chi connectivity index (χ3v) is 4.46. The van der Waals surface area contributed by atoms with Gasteiger partial charge < -0.3 is 20.7 Å². The number of rotatable bonds is 5. The number of hydrogen-bond acceptors (Lipinski definition) is 4. The van der Waals surface area contributed by atoms with E-state index in [1.807, 2.05) is 0 Å². The van der Waals surface area contributed by atoms with Crippen LogP contribution in [-0.2, 0) is 9.53 Å². The Morgan fingerprint density at radius 3 is 2.79 bits per heavy atom. The van der Waals surface area contributed by atoms with Gasteiger partial charge in [-0.15, -0.1) is 0 Å². The first-order chi connectivity index (χ1) is 9.20. The normalized spacial score (nSPS) is 27.4. The van der Waals surface area contributed by atoms with E-state index in [0.717, 1.165) is 52.2 Å². The molecule has 2 atom stereocenters. The van der Waals surface area contributed by atoms with Gasteiger partial charge >= 0.3 is 0 Å². The molecule has 2 heterocycles. The monoisotopic (exact) mass is 269 g/mol. The van der Waals surface area contributed by atoms with Crippen molar-refractivity contribution in [3.8, 4) is 0 Å². The van der Waals surface area contributed by atoms with E-state index >= 15 is 0 Å². The molecule has 19 heavy (non-hydrogen) atoms. The van der Waals surface area contributed by atoms with Gasteiger partial charge in [-0.25, -0.2) is 0 Å². The molecule has 0 bridgehead atoms. The minimum absolute atomic E-state index is 0.0156. The Bertz CT molecular complexity index is 292. The molecule has 2 unspecified atom stereocenters. The number of ether oxygens (including phenoxy) is 1. The smallest absolute Gasteiger partial charge is 0.237 e. The van der Waals surface area contributed by atoms with Gasteiger partial charge in [0, 0.05) is 26.3 Å². The standard InChI is InChI=1S/C14H27N3O2/c1-2-17-6-3-11(10-17)9-16-14(18)13(15)12-4-7-19-8-5-12/h11-13H,2-10,15H2,1H3,(H,16,18). The van der Waals surface area contributed by atoms with E-state index in [-0.39, 0.29) is 17.9 Å². The molecule has 0 radical (unpaired) electrons. The summed E-state index contributed by atoms with van der Waals surface area (Å²) in [7, 11) is 0. The maximum Gasteiger partial charge on any atom is 0.237 e. The number of amides is 1. The first-order valence-corrected chi connectivity index (χ1v) is 7.54. The van der Waals surface area contributed by atoms with Crippen LogP contribution in [0.5, 0.6) is 0 Å². The summed E-state index contributed by atoms with van der Waals surface area (Å²) in [6.07, 6.45) is 2.99. The van der Waals surface area contributed by atoms with E-state index in [9.17, 15) is 4.79 Å². The summed E-state index contributed by atoms with van der Waals surface area (Å²) in [5, 5.41) is 3.03. The van der Waals surface area contributed by atoms with Crippen LogP contribution in [0.1, 0.15) is 26.2 Å². The number of likely N-dealkylation sites (tertiary alicyclic amines) is 1. The van der Waals surface area contributed by atoms with Crippen LogP contribution >= 0.6 is 0 Å². The first kappa shape index (κ1) is 14.8. The summed E-state index contributed by atoms with van der Waals surface area (Å²) in [6.45, 7) is 7.78. The molecule has 2 rings (SSSR count). The zero-order valence-electron chi connectivity index (χ0n) is 11.9. The molecule has 0 aromatic heterocycles. The Labute approximate surface area is 115 Å². The van der Waals surface area contributed by atoms with Crippen molar-refractivity contribution in [1.82, 2.24) is 10.2 Å². The minimum atomic E-state index is -0.368. The Morgan fingerprint density at radius 2 is 2.16 bits per heavy atom. The van der Waals surface area contributed by atoms with Gasteiger partial charge in [0.15, 0.2) is 0 Å². The van der Waals surface area contributed by atoms with Crippen molar-refractivity contribution in [2.24, 2.45) is 17.6 Å². The summed E-state index contributed by atoms with van der Waals surface area (Å²) >= 11 is 0. The van der Waals surface area contributed by atoms with E-state index < -0.39 is 0 Å². The lowest BCUT2D eigenvalue weighted by Gasteiger charge is -2.27. The lowest BCUT2D eigenvalue weighted by Crippen LogP contribution is -2.48. The molecule has 3 N–H and O–H groups in total. The van der Waals surface area contributed by atoms with Crippen molar-refractivity contribution in [1.29, 1.82) is 0 Å². The van der Waals surface area contributed by atoms with Crippen molar-refractivity contribution in [3.05, 3.63) is 0 Å². The first-order valence-electron chi connectivity index (χ1n) is 7.54. The molecule has 2 saturated heterocycles. The van der Waals surface area contributed by atoms with Gasteiger partial charge in [-0.3, -0.25) is 4.79 Å². The maximum absolute atomic E-state index is 12.1. The molecule has 110 valence electrons. The summed E-state index contributed by atoms with van der Waals surface area (Å²) in [6, 6.07) is -0.368. The number of carbonyl (C=O) groups is 1. The molecule has 2 fully saturated rings. The molecule has 0 spiro atoms. The zero-order chi connectivity index (χ0) is 13.7. The summed E-state index contributed by atoms with van der Waals surface area (Å²) in [5.74, 6) is 0.886. The zero-order valence-corrected chi connectivity index (χ0v) is 11.9. The van der Waals surface area contributed by atoms with Crippen LogP contribution in [0, 0.1) is 11.8 Å². The number of nitrogens with zero attached hydrogens (tertiary/aromatic N) is 1. The van der Waals surface area contributed by atoms with Gasteiger partial charge in [-0.05, 0) is 44.2 Å². The van der Waals surface area contributed by atoms with E-state index in [4.69, 9.17) is 10.5 Å². The minimum Gasteiger partial charge on any atom is -0.381 e. The van der Waals surface area contributed by atoms with Crippen LogP contribution in [0.2, 0.25) is 0 Å². The fourth-order valence-electron chi connectivity index (χ4n) is 3.02. The molecule has 0 saturated carbocycles. The average molecular weight is 269 g/mol. The molecule has 5 nitrogen and oxygen atoms in total. The second kappa shape index (κ2) is 7.22. The van der Waals surface area contributed by atoms with Crippen LogP contribution in [0.25, 0.3) is 0 Å². The van der Waals surface area contributed by atoms with E-state index in [1.165, 1.54) is 6.42 Å². The third kappa shape index (κ3) is 4.16. The summed E-state index contributed by atoms with van der Waals surface area (Å²) < 4.78 is 5.30. The highest BCUT2D eigenvalue weighted by atomic mass is 16.5. The molecular formula is C14H27N3O2. The van der Waals surface area contributed by atoms with Gasteiger partial charge in [0.2, 0.25) is 5.91 Å². The highest BCUT2D eigenvalue weighted by Gasteiger charge is 2.27. The molecule has 2 aliphatic rings. The summed E-state index contributed by atoms with van der Waals surface area (Å²) in [5.41, 5.74) is 6.05. The largest absolute Gasteiger partial charge is 0.381 e. The van der Waals surface area contributed by atoms with Crippen LogP contribution in [0.15, 0.2) is 0 Å². The molecule has 0 aromatic rings. The lowest BCUT2D eigenvalue weighted by molar-refractivity contribution is -0.124. The van der Waals surface area contributed by atoms with Crippen molar-refractivity contribution >= 4 is 5.91 Å². The van der Waals surface area contributed by atoms with Crippen molar-refractivity contribution in [3.63, 3.8) is 0 Å². The van der Waals surface area contributed by atoms with E-state index in [0.29, 0.717) is 5.92 Å². The molecule has 0 aliphatic carbocycles. The average Bonchev–Trinajstić information content (AvgIpc) is 2.93. The Kier molecular flexibility index (Phi) is 5.60. The molecule has 0 aromatic carbocycles. The molecular weight excluding hydrogens is 242 g/mol. The summed E-state index contributed by atoms with van der Waals surface area (Å²) in [4.78, 5) is 14.5. The Hall–Kier alpha value is -0.650. The van der Waals surface area contributed by atoms with Gasteiger partial charge in [-0.1, -0.05) is 6.92 Å². The van der Waals surface area contributed by atoms with Crippen LogP contribution in [0.4, 0.5) is 0 Å². The maximum atomic E-state index is 12.1.